The van der Waals surface area contributed by atoms with Gasteiger partial charge in [0.2, 0.25) is 11.2 Å². The number of phenolic OH excluding ortho intramolecular Hbond substituents is 1. The summed E-state index contributed by atoms with van der Waals surface area (Å²) in [4.78, 5) is 11.2. The van der Waals surface area contributed by atoms with Gasteiger partial charge in [-0.15, -0.1) is 0 Å². The van der Waals surface area contributed by atoms with Crippen molar-refractivity contribution in [3.05, 3.63) is 35.8 Å². The summed E-state index contributed by atoms with van der Waals surface area (Å²) in [6.07, 6.45) is 0.200. The lowest BCUT2D eigenvalue weighted by atomic mass is 10.1. The molecule has 1 heterocycles. The topological polar surface area (TPSA) is 95.7 Å². The number of carbonyl (C=O) groups is 1. The average Bonchev–Trinajstić information content (AvgIpc) is 2.71. The molecular weight excluding hydrogens is 297 g/mol. The highest BCUT2D eigenvalue weighted by molar-refractivity contribution is 7.85. The van der Waals surface area contributed by atoms with Crippen molar-refractivity contribution >= 4 is 22.8 Å². The van der Waals surface area contributed by atoms with Crippen LogP contribution in [0.1, 0.15) is 12.0 Å². The SMILES string of the molecule is C=C(N)CC#Cc1ccc(O)c(N2CC(=O)NS2=O)c1F. The smallest absolute Gasteiger partial charge is 0.253 e. The van der Waals surface area contributed by atoms with Gasteiger partial charge >= 0.3 is 0 Å². The van der Waals surface area contributed by atoms with E-state index < -0.39 is 28.6 Å². The van der Waals surface area contributed by atoms with Crippen molar-refractivity contribution < 1.29 is 18.5 Å². The lowest BCUT2D eigenvalue weighted by molar-refractivity contribution is -0.117. The van der Waals surface area contributed by atoms with E-state index >= 15 is 0 Å². The summed E-state index contributed by atoms with van der Waals surface area (Å²) in [6, 6.07) is 2.51. The Morgan fingerprint density at radius 3 is 2.90 bits per heavy atom. The molecular formula is C13H12FN3O3S. The Morgan fingerprint density at radius 2 is 2.33 bits per heavy atom. The number of aromatic hydroxyl groups is 1. The Morgan fingerprint density at radius 1 is 1.62 bits per heavy atom. The minimum atomic E-state index is -1.93. The Bertz CT molecular complexity index is 709. The van der Waals surface area contributed by atoms with Gasteiger partial charge in [0.05, 0.1) is 5.56 Å². The number of halogens is 1. The summed E-state index contributed by atoms with van der Waals surface area (Å²) in [7, 11) is 0. The number of nitrogens with zero attached hydrogens (tertiary/aromatic N) is 1. The van der Waals surface area contributed by atoms with Gasteiger partial charge in [-0.05, 0) is 12.1 Å². The normalized spacial score (nSPS) is 17.1. The third kappa shape index (κ3) is 3.14. The molecule has 4 N–H and O–H groups in total. The van der Waals surface area contributed by atoms with E-state index in [4.69, 9.17) is 5.73 Å². The first-order valence-corrected chi connectivity index (χ1v) is 6.93. The van der Waals surface area contributed by atoms with Gasteiger partial charge in [0.15, 0.2) is 5.82 Å². The van der Waals surface area contributed by atoms with E-state index in [1.807, 2.05) is 0 Å². The lowest BCUT2D eigenvalue weighted by Crippen LogP contribution is -2.23. The quantitative estimate of drug-likeness (QED) is 0.683. The standard InChI is InChI=1S/C13H12FN3O3S/c1-8(15)3-2-4-9-5-6-10(18)13(12(9)14)17-7-11(19)16-21(17)20/h5-6,18H,1,3,7,15H2,(H,16,19). The third-order valence-corrected chi connectivity index (χ3v) is 3.69. The minimum absolute atomic E-state index is 0.000369. The number of hydrogen-bond acceptors (Lipinski definition) is 4. The van der Waals surface area contributed by atoms with Gasteiger partial charge in [-0.25, -0.2) is 8.60 Å². The molecule has 21 heavy (non-hydrogen) atoms. The molecule has 1 amide bonds. The molecule has 0 saturated carbocycles. The van der Waals surface area contributed by atoms with Crippen LogP contribution in [0.4, 0.5) is 10.1 Å². The van der Waals surface area contributed by atoms with Crippen LogP contribution in [-0.2, 0) is 16.0 Å². The van der Waals surface area contributed by atoms with Crippen molar-refractivity contribution in [2.24, 2.45) is 5.73 Å². The predicted octanol–water partition coefficient (Wildman–Crippen LogP) is 0.260. The zero-order chi connectivity index (χ0) is 15.6. The first-order chi connectivity index (χ1) is 9.90. The second-order valence-corrected chi connectivity index (χ2v) is 5.39. The van der Waals surface area contributed by atoms with Gasteiger partial charge < -0.3 is 10.8 Å². The summed E-state index contributed by atoms with van der Waals surface area (Å²) in [6.45, 7) is 3.16. The number of phenols is 1. The zero-order valence-electron chi connectivity index (χ0n) is 10.9. The van der Waals surface area contributed by atoms with Crippen molar-refractivity contribution in [3.8, 4) is 17.6 Å². The highest BCUT2D eigenvalue weighted by Crippen LogP contribution is 2.33. The van der Waals surface area contributed by atoms with Crippen molar-refractivity contribution in [3.63, 3.8) is 0 Å². The van der Waals surface area contributed by atoms with E-state index in [0.29, 0.717) is 5.70 Å². The molecule has 1 aromatic rings. The fraction of sp³-hybridized carbons (Fsp3) is 0.154. The van der Waals surface area contributed by atoms with Crippen LogP contribution in [0.15, 0.2) is 24.4 Å². The number of nitrogens with two attached hydrogens (primary N) is 1. The molecule has 0 radical (unpaired) electrons. The fourth-order valence-electron chi connectivity index (χ4n) is 1.68. The van der Waals surface area contributed by atoms with Gasteiger partial charge in [-0.1, -0.05) is 18.4 Å². The highest BCUT2D eigenvalue weighted by Gasteiger charge is 2.31. The van der Waals surface area contributed by atoms with Gasteiger partial charge in [0, 0.05) is 12.1 Å². The molecule has 1 aliphatic rings. The van der Waals surface area contributed by atoms with E-state index in [0.717, 1.165) is 4.31 Å². The van der Waals surface area contributed by atoms with Crippen LogP contribution in [-0.4, -0.2) is 21.8 Å². The van der Waals surface area contributed by atoms with Gasteiger partial charge in [0.1, 0.15) is 18.0 Å². The molecule has 1 unspecified atom stereocenters. The molecule has 2 rings (SSSR count). The van der Waals surface area contributed by atoms with Crippen LogP contribution >= 0.6 is 0 Å². The van der Waals surface area contributed by atoms with Crippen molar-refractivity contribution in [1.82, 2.24) is 4.72 Å². The molecule has 0 bridgehead atoms. The second kappa shape index (κ2) is 5.85. The molecule has 0 aliphatic carbocycles. The number of carbonyl (C=O) groups excluding carboxylic acids is 1. The molecule has 1 aromatic carbocycles. The number of hydrogen-bond donors (Lipinski definition) is 3. The zero-order valence-corrected chi connectivity index (χ0v) is 11.7. The summed E-state index contributed by atoms with van der Waals surface area (Å²) in [5.74, 6) is 3.38. The van der Waals surface area contributed by atoms with Crippen molar-refractivity contribution in [2.45, 2.75) is 6.42 Å². The molecule has 1 aliphatic heterocycles. The average molecular weight is 309 g/mol. The molecule has 1 fully saturated rings. The number of rotatable bonds is 2. The number of allylic oxidation sites excluding steroid dienone is 1. The largest absolute Gasteiger partial charge is 0.506 e. The van der Waals surface area contributed by atoms with Crippen LogP contribution in [0.25, 0.3) is 0 Å². The minimum Gasteiger partial charge on any atom is -0.506 e. The maximum absolute atomic E-state index is 14.4. The Labute approximate surface area is 123 Å². The van der Waals surface area contributed by atoms with Gasteiger partial charge in [-0.2, -0.15) is 0 Å². The predicted molar refractivity (Wildman–Crippen MR) is 76.5 cm³/mol. The maximum Gasteiger partial charge on any atom is 0.253 e. The molecule has 1 atom stereocenters. The molecule has 8 heteroatoms. The van der Waals surface area contributed by atoms with Crippen molar-refractivity contribution in [2.75, 3.05) is 10.8 Å². The van der Waals surface area contributed by atoms with E-state index in [-0.39, 0.29) is 24.2 Å². The number of anilines is 1. The van der Waals surface area contributed by atoms with Crippen LogP contribution in [0.2, 0.25) is 0 Å². The Hall–Kier alpha value is -2.53. The number of benzene rings is 1. The van der Waals surface area contributed by atoms with Gasteiger partial charge in [-0.3, -0.25) is 13.8 Å². The summed E-state index contributed by atoms with van der Waals surface area (Å²) >= 11 is -1.93. The second-order valence-electron chi connectivity index (χ2n) is 4.24. The molecule has 110 valence electrons. The Balaban J connectivity index is 2.41. The number of nitrogens with one attached hydrogen (secondary N) is 1. The first kappa shape index (κ1) is 14.9. The first-order valence-electron chi connectivity index (χ1n) is 5.82. The van der Waals surface area contributed by atoms with E-state index in [9.17, 15) is 18.5 Å². The van der Waals surface area contributed by atoms with Crippen LogP contribution < -0.4 is 14.8 Å². The molecule has 6 nitrogen and oxygen atoms in total. The third-order valence-electron chi connectivity index (χ3n) is 2.57. The Kier molecular flexibility index (Phi) is 4.14. The fourth-order valence-corrected chi connectivity index (χ4v) is 2.62. The lowest BCUT2D eigenvalue weighted by Gasteiger charge is -2.16. The van der Waals surface area contributed by atoms with Crippen LogP contribution in [0.5, 0.6) is 5.75 Å². The van der Waals surface area contributed by atoms with E-state index in [1.165, 1.54) is 12.1 Å². The molecule has 0 spiro atoms. The monoisotopic (exact) mass is 309 g/mol. The van der Waals surface area contributed by atoms with Crippen LogP contribution in [0, 0.1) is 17.7 Å². The van der Waals surface area contributed by atoms with Crippen molar-refractivity contribution in [1.29, 1.82) is 0 Å². The maximum atomic E-state index is 14.4. The van der Waals surface area contributed by atoms with Crippen LogP contribution in [0.3, 0.4) is 0 Å². The highest BCUT2D eigenvalue weighted by atomic mass is 32.2. The van der Waals surface area contributed by atoms with E-state index in [2.05, 4.69) is 23.1 Å². The molecule has 0 aromatic heterocycles. The summed E-state index contributed by atoms with van der Waals surface area (Å²) in [5, 5.41) is 9.76. The number of amides is 1. The van der Waals surface area contributed by atoms with E-state index in [1.54, 1.807) is 0 Å². The summed E-state index contributed by atoms with van der Waals surface area (Å²) < 4.78 is 29.1. The summed E-state index contributed by atoms with van der Waals surface area (Å²) in [5.41, 5.74) is 5.37. The molecule has 1 saturated heterocycles. The van der Waals surface area contributed by atoms with Gasteiger partial charge in [0.25, 0.3) is 5.91 Å².